The van der Waals surface area contributed by atoms with E-state index in [4.69, 9.17) is 9.84 Å². The summed E-state index contributed by atoms with van der Waals surface area (Å²) in [6.07, 6.45) is 5.12. The molecule has 0 saturated carbocycles. The van der Waals surface area contributed by atoms with Crippen LogP contribution in [0.4, 0.5) is 0 Å². The Morgan fingerprint density at radius 1 is 1.40 bits per heavy atom. The molecule has 0 radical (unpaired) electrons. The van der Waals surface area contributed by atoms with E-state index in [9.17, 15) is 4.79 Å². The smallest absolute Gasteiger partial charge is 0.328 e. The van der Waals surface area contributed by atoms with E-state index in [0.717, 1.165) is 23.8 Å². The standard InChI is InChI=1S/C15H16N2O3/c1-17-13(8-10-16-17)9-11-20-14-5-3-2-4-12(14)6-7-15(18)19/h2-8,10H,9,11H2,1H3,(H,18,19)/b7-6+. The number of para-hydroxylation sites is 1. The highest BCUT2D eigenvalue weighted by Crippen LogP contribution is 2.19. The Balaban J connectivity index is 1.99. The number of aromatic nitrogens is 2. The maximum absolute atomic E-state index is 10.6. The molecule has 2 aromatic rings. The summed E-state index contributed by atoms with van der Waals surface area (Å²) >= 11 is 0. The normalized spacial score (nSPS) is 10.8. The van der Waals surface area contributed by atoms with Gasteiger partial charge in [-0.1, -0.05) is 18.2 Å². The van der Waals surface area contributed by atoms with Gasteiger partial charge >= 0.3 is 5.97 Å². The van der Waals surface area contributed by atoms with E-state index in [1.54, 1.807) is 10.9 Å². The second-order valence-corrected chi connectivity index (χ2v) is 4.25. The monoisotopic (exact) mass is 272 g/mol. The van der Waals surface area contributed by atoms with Gasteiger partial charge in [0.2, 0.25) is 0 Å². The molecule has 0 unspecified atom stereocenters. The summed E-state index contributed by atoms with van der Waals surface area (Å²) in [5, 5.41) is 12.8. The van der Waals surface area contributed by atoms with Crippen molar-refractivity contribution in [3.05, 3.63) is 53.9 Å². The van der Waals surface area contributed by atoms with Crippen molar-refractivity contribution in [2.75, 3.05) is 6.61 Å². The van der Waals surface area contributed by atoms with Gasteiger partial charge in [0.1, 0.15) is 5.75 Å². The Morgan fingerprint density at radius 2 is 2.20 bits per heavy atom. The molecule has 0 fully saturated rings. The molecule has 1 aromatic heterocycles. The second-order valence-electron chi connectivity index (χ2n) is 4.25. The molecule has 0 aliphatic carbocycles. The lowest BCUT2D eigenvalue weighted by atomic mass is 10.2. The summed E-state index contributed by atoms with van der Waals surface area (Å²) in [6, 6.07) is 9.29. The lowest BCUT2D eigenvalue weighted by molar-refractivity contribution is -0.131. The number of carboxylic acid groups (broad SMARTS) is 1. The Kier molecular flexibility index (Phi) is 4.55. The largest absolute Gasteiger partial charge is 0.493 e. The van der Waals surface area contributed by atoms with Crippen molar-refractivity contribution in [3.8, 4) is 5.75 Å². The van der Waals surface area contributed by atoms with Crippen molar-refractivity contribution in [1.29, 1.82) is 0 Å². The Bertz CT molecular complexity index is 617. The van der Waals surface area contributed by atoms with Crippen LogP contribution < -0.4 is 4.74 Å². The van der Waals surface area contributed by atoms with Gasteiger partial charge in [0.05, 0.1) is 6.61 Å². The fraction of sp³-hybridized carbons (Fsp3) is 0.200. The molecule has 0 atom stereocenters. The first-order valence-corrected chi connectivity index (χ1v) is 6.26. The van der Waals surface area contributed by atoms with Gasteiger partial charge in [-0.15, -0.1) is 0 Å². The number of aliphatic carboxylic acids is 1. The lowest BCUT2D eigenvalue weighted by Gasteiger charge is -2.09. The maximum Gasteiger partial charge on any atom is 0.328 e. The van der Waals surface area contributed by atoms with E-state index in [0.29, 0.717) is 12.4 Å². The van der Waals surface area contributed by atoms with Crippen LogP contribution in [-0.2, 0) is 18.3 Å². The number of ether oxygens (including phenoxy) is 1. The molecule has 0 bridgehead atoms. The van der Waals surface area contributed by atoms with Gasteiger partial charge in [0.15, 0.2) is 0 Å². The van der Waals surface area contributed by atoms with Crippen molar-refractivity contribution < 1.29 is 14.6 Å². The van der Waals surface area contributed by atoms with Crippen LogP contribution in [0.2, 0.25) is 0 Å². The zero-order chi connectivity index (χ0) is 14.4. The van der Waals surface area contributed by atoms with Crippen LogP contribution in [-0.4, -0.2) is 27.5 Å². The lowest BCUT2D eigenvalue weighted by Crippen LogP contribution is -2.06. The van der Waals surface area contributed by atoms with E-state index in [-0.39, 0.29) is 0 Å². The zero-order valence-corrected chi connectivity index (χ0v) is 11.2. The summed E-state index contributed by atoms with van der Waals surface area (Å²) in [4.78, 5) is 10.6. The Labute approximate surface area is 117 Å². The number of aryl methyl sites for hydroxylation is 1. The van der Waals surface area contributed by atoms with Gasteiger partial charge in [-0.05, 0) is 18.2 Å². The molecule has 0 aliphatic rings. The molecular weight excluding hydrogens is 256 g/mol. The second kappa shape index (κ2) is 6.56. The van der Waals surface area contributed by atoms with Crippen molar-refractivity contribution in [2.24, 2.45) is 7.05 Å². The molecule has 104 valence electrons. The first kappa shape index (κ1) is 13.9. The molecule has 20 heavy (non-hydrogen) atoms. The van der Waals surface area contributed by atoms with Gasteiger partial charge in [0, 0.05) is 37.0 Å². The summed E-state index contributed by atoms with van der Waals surface area (Å²) < 4.78 is 7.52. The Morgan fingerprint density at radius 3 is 2.90 bits per heavy atom. The van der Waals surface area contributed by atoms with Crippen LogP contribution in [0, 0.1) is 0 Å². The topological polar surface area (TPSA) is 64.4 Å². The molecule has 0 saturated heterocycles. The summed E-state index contributed by atoms with van der Waals surface area (Å²) in [6.45, 7) is 0.511. The van der Waals surface area contributed by atoms with Crippen molar-refractivity contribution in [3.63, 3.8) is 0 Å². The van der Waals surface area contributed by atoms with Crippen molar-refractivity contribution in [2.45, 2.75) is 6.42 Å². The van der Waals surface area contributed by atoms with Gasteiger partial charge in [-0.25, -0.2) is 4.79 Å². The maximum atomic E-state index is 10.6. The first-order valence-electron chi connectivity index (χ1n) is 6.26. The highest BCUT2D eigenvalue weighted by molar-refractivity contribution is 5.85. The van der Waals surface area contributed by atoms with Crippen LogP contribution in [0.25, 0.3) is 6.08 Å². The third kappa shape index (κ3) is 3.71. The SMILES string of the molecule is Cn1nccc1CCOc1ccccc1/C=C/C(=O)O. The molecule has 1 N–H and O–H groups in total. The van der Waals surface area contributed by atoms with Gasteiger partial charge in [-0.3, -0.25) is 4.68 Å². The number of rotatable bonds is 6. The zero-order valence-electron chi connectivity index (χ0n) is 11.2. The minimum Gasteiger partial charge on any atom is -0.493 e. The molecule has 1 aromatic carbocycles. The highest BCUT2D eigenvalue weighted by Gasteiger charge is 2.02. The fourth-order valence-corrected chi connectivity index (χ4v) is 1.82. The quantitative estimate of drug-likeness (QED) is 0.818. The van der Waals surface area contributed by atoms with E-state index >= 15 is 0 Å². The predicted octanol–water partition coefficient (Wildman–Crippen LogP) is 2.14. The highest BCUT2D eigenvalue weighted by atomic mass is 16.5. The molecule has 5 heteroatoms. The van der Waals surface area contributed by atoms with Crippen LogP contribution in [0.5, 0.6) is 5.75 Å². The molecular formula is C15H16N2O3. The number of hydrogen-bond donors (Lipinski definition) is 1. The van der Waals surface area contributed by atoms with Crippen LogP contribution >= 0.6 is 0 Å². The summed E-state index contributed by atoms with van der Waals surface area (Å²) in [5.41, 5.74) is 1.84. The van der Waals surface area contributed by atoms with E-state index in [1.165, 1.54) is 6.08 Å². The van der Waals surface area contributed by atoms with Crippen molar-refractivity contribution in [1.82, 2.24) is 9.78 Å². The van der Waals surface area contributed by atoms with E-state index in [2.05, 4.69) is 5.10 Å². The number of carbonyl (C=O) groups is 1. The predicted molar refractivity (Wildman–Crippen MR) is 75.5 cm³/mol. The molecule has 0 aliphatic heterocycles. The number of benzene rings is 1. The molecule has 2 rings (SSSR count). The molecule has 1 heterocycles. The molecule has 0 spiro atoms. The fourth-order valence-electron chi connectivity index (χ4n) is 1.82. The van der Waals surface area contributed by atoms with Gasteiger partial charge in [0.25, 0.3) is 0 Å². The number of carboxylic acids is 1. The van der Waals surface area contributed by atoms with Crippen LogP contribution in [0.1, 0.15) is 11.3 Å². The van der Waals surface area contributed by atoms with E-state index < -0.39 is 5.97 Å². The van der Waals surface area contributed by atoms with Crippen LogP contribution in [0.3, 0.4) is 0 Å². The van der Waals surface area contributed by atoms with Crippen LogP contribution in [0.15, 0.2) is 42.6 Å². The van der Waals surface area contributed by atoms with E-state index in [1.807, 2.05) is 37.4 Å². The summed E-state index contributed by atoms with van der Waals surface area (Å²) in [5.74, 6) is -0.304. The third-order valence-electron chi connectivity index (χ3n) is 2.86. The van der Waals surface area contributed by atoms with Crippen molar-refractivity contribution >= 4 is 12.0 Å². The molecule has 5 nitrogen and oxygen atoms in total. The van der Waals surface area contributed by atoms with Gasteiger partial charge in [-0.2, -0.15) is 5.10 Å². The summed E-state index contributed by atoms with van der Waals surface area (Å²) in [7, 11) is 1.89. The number of nitrogens with zero attached hydrogens (tertiary/aromatic N) is 2. The molecule has 0 amide bonds. The first-order chi connectivity index (χ1) is 9.66. The minimum absolute atomic E-state index is 0.511. The minimum atomic E-state index is -0.977. The average Bonchev–Trinajstić information content (AvgIpc) is 2.83. The number of hydrogen-bond acceptors (Lipinski definition) is 3. The van der Waals surface area contributed by atoms with Gasteiger partial charge < -0.3 is 9.84 Å². The average molecular weight is 272 g/mol. The third-order valence-corrected chi connectivity index (χ3v) is 2.86. The Hall–Kier alpha value is -2.56.